The lowest BCUT2D eigenvalue weighted by molar-refractivity contribution is 0.292. The van der Waals surface area contributed by atoms with E-state index in [2.05, 4.69) is 37.9 Å². The Morgan fingerprint density at radius 1 is 1.23 bits per heavy atom. The molecule has 0 unspecified atom stereocenters. The van der Waals surface area contributed by atoms with Gasteiger partial charge in [-0.15, -0.1) is 0 Å². The average molecular weight is 296 g/mol. The first-order valence-electron chi connectivity index (χ1n) is 7.65. The van der Waals surface area contributed by atoms with Crippen LogP contribution in [0.15, 0.2) is 24.5 Å². The molecule has 2 N–H and O–H groups in total. The van der Waals surface area contributed by atoms with Crippen LogP contribution in [0.1, 0.15) is 12.0 Å². The van der Waals surface area contributed by atoms with E-state index >= 15 is 0 Å². The lowest BCUT2D eigenvalue weighted by Gasteiger charge is -2.33. The van der Waals surface area contributed by atoms with E-state index in [4.69, 9.17) is 5.73 Å². The number of pyridine rings is 1. The summed E-state index contributed by atoms with van der Waals surface area (Å²) < 4.78 is 0. The van der Waals surface area contributed by atoms with Gasteiger partial charge in [0, 0.05) is 43.1 Å². The first-order valence-corrected chi connectivity index (χ1v) is 7.65. The van der Waals surface area contributed by atoms with Gasteiger partial charge in [-0.25, -0.2) is 15.0 Å². The SMILES string of the molecule is Cc1cnc(N)nc1-c1cccnc1N1C[C@@H]2C[C@H]1CN2C. The van der Waals surface area contributed by atoms with Crippen molar-refractivity contribution in [1.82, 2.24) is 19.9 Å². The lowest BCUT2D eigenvalue weighted by atomic mass is 10.1. The standard InChI is InChI=1S/C16H20N6/c1-10-7-19-16(17)20-14(10)13-4-3-5-18-15(13)22-9-11-6-12(22)8-21(11)2/h3-5,7,11-12H,6,8-9H2,1-2H3,(H2,17,19,20)/t11-,12-/m0/s1. The molecule has 2 aromatic heterocycles. The van der Waals surface area contributed by atoms with Gasteiger partial charge in [-0.3, -0.25) is 4.90 Å². The molecule has 0 aliphatic carbocycles. The average Bonchev–Trinajstić information content (AvgIpc) is 3.09. The van der Waals surface area contributed by atoms with Crippen molar-refractivity contribution in [3.63, 3.8) is 0 Å². The quantitative estimate of drug-likeness (QED) is 0.901. The van der Waals surface area contributed by atoms with Gasteiger partial charge in [0.1, 0.15) is 5.82 Å². The maximum absolute atomic E-state index is 5.78. The summed E-state index contributed by atoms with van der Waals surface area (Å²) in [5, 5.41) is 0. The molecule has 22 heavy (non-hydrogen) atoms. The van der Waals surface area contributed by atoms with Gasteiger partial charge >= 0.3 is 0 Å². The van der Waals surface area contributed by atoms with Crippen LogP contribution in [0, 0.1) is 6.92 Å². The van der Waals surface area contributed by atoms with E-state index in [0.29, 0.717) is 18.0 Å². The van der Waals surface area contributed by atoms with Crippen molar-refractivity contribution in [1.29, 1.82) is 0 Å². The van der Waals surface area contributed by atoms with Crippen LogP contribution in [-0.2, 0) is 0 Å². The van der Waals surface area contributed by atoms with Crippen LogP contribution in [0.25, 0.3) is 11.3 Å². The van der Waals surface area contributed by atoms with Gasteiger partial charge in [0.15, 0.2) is 0 Å². The molecule has 4 heterocycles. The second kappa shape index (κ2) is 4.91. The summed E-state index contributed by atoms with van der Waals surface area (Å²) in [6.07, 6.45) is 4.85. The van der Waals surface area contributed by atoms with E-state index in [9.17, 15) is 0 Å². The molecule has 0 aromatic carbocycles. The number of aromatic nitrogens is 3. The fourth-order valence-electron chi connectivity index (χ4n) is 3.66. The highest BCUT2D eigenvalue weighted by Crippen LogP contribution is 2.37. The molecule has 0 spiro atoms. The van der Waals surface area contributed by atoms with Crippen LogP contribution >= 0.6 is 0 Å². The van der Waals surface area contributed by atoms with Crippen molar-refractivity contribution < 1.29 is 0 Å². The molecule has 2 bridgehead atoms. The summed E-state index contributed by atoms with van der Waals surface area (Å²) in [5.74, 6) is 1.32. The number of hydrogen-bond donors (Lipinski definition) is 1. The van der Waals surface area contributed by atoms with Crippen LogP contribution in [0.5, 0.6) is 0 Å². The second-order valence-corrected chi connectivity index (χ2v) is 6.27. The smallest absolute Gasteiger partial charge is 0.220 e. The third kappa shape index (κ3) is 2.02. The van der Waals surface area contributed by atoms with Gasteiger partial charge in [-0.2, -0.15) is 0 Å². The summed E-state index contributed by atoms with van der Waals surface area (Å²) in [6.45, 7) is 4.14. The van der Waals surface area contributed by atoms with Crippen molar-refractivity contribution in [2.24, 2.45) is 0 Å². The summed E-state index contributed by atoms with van der Waals surface area (Å²) in [7, 11) is 2.20. The third-order valence-corrected chi connectivity index (χ3v) is 4.82. The summed E-state index contributed by atoms with van der Waals surface area (Å²) >= 11 is 0. The molecule has 2 aromatic rings. The van der Waals surface area contributed by atoms with E-state index in [0.717, 1.165) is 35.7 Å². The molecule has 2 fully saturated rings. The van der Waals surface area contributed by atoms with Crippen LogP contribution in [-0.4, -0.2) is 52.1 Å². The predicted octanol–water partition coefficient (Wildman–Crippen LogP) is 1.32. The second-order valence-electron chi connectivity index (χ2n) is 6.27. The highest BCUT2D eigenvalue weighted by atomic mass is 15.4. The lowest BCUT2D eigenvalue weighted by Crippen LogP contribution is -2.45. The van der Waals surface area contributed by atoms with E-state index in [1.54, 1.807) is 6.20 Å². The molecule has 6 heteroatoms. The van der Waals surface area contributed by atoms with Crippen LogP contribution in [0.3, 0.4) is 0 Å². The first kappa shape index (κ1) is 13.5. The van der Waals surface area contributed by atoms with Crippen LogP contribution in [0.4, 0.5) is 11.8 Å². The Labute approximate surface area is 130 Å². The summed E-state index contributed by atoms with van der Waals surface area (Å²) in [5.41, 5.74) is 8.73. The van der Waals surface area contributed by atoms with Crippen molar-refractivity contribution in [2.75, 3.05) is 30.8 Å². The highest BCUT2D eigenvalue weighted by molar-refractivity contribution is 5.76. The molecule has 4 rings (SSSR count). The zero-order chi connectivity index (χ0) is 15.3. The Kier molecular flexibility index (Phi) is 3.00. The zero-order valence-corrected chi connectivity index (χ0v) is 12.9. The Morgan fingerprint density at radius 3 is 2.82 bits per heavy atom. The van der Waals surface area contributed by atoms with Crippen molar-refractivity contribution >= 4 is 11.8 Å². The Hall–Kier alpha value is -2.21. The van der Waals surface area contributed by atoms with E-state index < -0.39 is 0 Å². The Bertz CT molecular complexity index is 714. The summed E-state index contributed by atoms with van der Waals surface area (Å²) in [6, 6.07) is 5.21. The molecule has 0 saturated carbocycles. The first-order chi connectivity index (χ1) is 10.6. The summed E-state index contributed by atoms with van der Waals surface area (Å²) in [4.78, 5) is 18.0. The fourth-order valence-corrected chi connectivity index (χ4v) is 3.66. The van der Waals surface area contributed by atoms with Crippen molar-refractivity contribution in [3.8, 4) is 11.3 Å². The van der Waals surface area contributed by atoms with Crippen molar-refractivity contribution in [3.05, 3.63) is 30.1 Å². The predicted molar refractivity (Wildman–Crippen MR) is 86.6 cm³/mol. The molecule has 2 saturated heterocycles. The van der Waals surface area contributed by atoms with Gasteiger partial charge in [0.25, 0.3) is 0 Å². The number of fused-ring (bicyclic) bond motifs is 2. The molecular weight excluding hydrogens is 276 g/mol. The molecule has 0 amide bonds. The number of aryl methyl sites for hydroxylation is 1. The normalized spacial score (nSPS) is 24.2. The number of nitrogens with zero attached hydrogens (tertiary/aromatic N) is 5. The molecule has 2 atom stereocenters. The number of nitrogen functional groups attached to an aromatic ring is 1. The maximum Gasteiger partial charge on any atom is 0.220 e. The van der Waals surface area contributed by atoms with E-state index in [1.807, 2.05) is 19.2 Å². The largest absolute Gasteiger partial charge is 0.368 e. The fraction of sp³-hybridized carbons (Fsp3) is 0.438. The van der Waals surface area contributed by atoms with Gasteiger partial charge in [0.2, 0.25) is 5.95 Å². The minimum atomic E-state index is 0.304. The number of likely N-dealkylation sites (N-methyl/N-ethyl adjacent to an activating group) is 1. The number of piperazine rings is 1. The number of hydrogen-bond acceptors (Lipinski definition) is 6. The number of nitrogens with two attached hydrogens (primary N) is 1. The Balaban J connectivity index is 1.78. The van der Waals surface area contributed by atoms with Crippen LogP contribution < -0.4 is 10.6 Å². The monoisotopic (exact) mass is 296 g/mol. The molecular formula is C16H20N6. The Morgan fingerprint density at radius 2 is 2.09 bits per heavy atom. The minimum Gasteiger partial charge on any atom is -0.368 e. The molecule has 2 aliphatic heterocycles. The van der Waals surface area contributed by atoms with Crippen LogP contribution in [0.2, 0.25) is 0 Å². The zero-order valence-electron chi connectivity index (χ0n) is 12.9. The van der Waals surface area contributed by atoms with E-state index in [1.165, 1.54) is 6.42 Å². The van der Waals surface area contributed by atoms with Gasteiger partial charge in [-0.05, 0) is 38.1 Å². The van der Waals surface area contributed by atoms with Gasteiger partial charge in [0.05, 0.1) is 5.69 Å². The number of likely N-dealkylation sites (tertiary alicyclic amines) is 1. The highest BCUT2D eigenvalue weighted by Gasteiger charge is 2.42. The molecule has 114 valence electrons. The van der Waals surface area contributed by atoms with Gasteiger partial charge in [-0.1, -0.05) is 0 Å². The van der Waals surface area contributed by atoms with Crippen molar-refractivity contribution in [2.45, 2.75) is 25.4 Å². The van der Waals surface area contributed by atoms with Gasteiger partial charge < -0.3 is 10.6 Å². The molecule has 6 nitrogen and oxygen atoms in total. The maximum atomic E-state index is 5.78. The minimum absolute atomic E-state index is 0.304. The molecule has 0 radical (unpaired) electrons. The third-order valence-electron chi connectivity index (χ3n) is 4.82. The molecule has 2 aliphatic rings. The van der Waals surface area contributed by atoms with E-state index in [-0.39, 0.29) is 0 Å². The number of rotatable bonds is 2. The topological polar surface area (TPSA) is 71.2 Å². The number of anilines is 2.